The zero-order chi connectivity index (χ0) is 13.9. The van der Waals surface area contributed by atoms with Crippen LogP contribution >= 0.6 is 15.9 Å². The SMILES string of the molecule is CC(C)CC(C)N(C)C(=O)c1ccc(Br)c(O)c1. The van der Waals surface area contributed by atoms with Crippen molar-refractivity contribution in [2.24, 2.45) is 5.92 Å². The lowest BCUT2D eigenvalue weighted by molar-refractivity contribution is 0.0728. The summed E-state index contributed by atoms with van der Waals surface area (Å²) in [7, 11) is 1.80. The van der Waals surface area contributed by atoms with E-state index in [0.29, 0.717) is 16.0 Å². The largest absolute Gasteiger partial charge is 0.507 e. The zero-order valence-corrected chi connectivity index (χ0v) is 12.9. The van der Waals surface area contributed by atoms with E-state index in [-0.39, 0.29) is 17.7 Å². The van der Waals surface area contributed by atoms with Crippen LogP contribution < -0.4 is 0 Å². The molecule has 1 amide bonds. The minimum atomic E-state index is -0.0639. The van der Waals surface area contributed by atoms with Gasteiger partial charge in [-0.3, -0.25) is 4.79 Å². The van der Waals surface area contributed by atoms with E-state index in [1.54, 1.807) is 24.1 Å². The summed E-state index contributed by atoms with van der Waals surface area (Å²) in [5.74, 6) is 0.574. The molecule has 4 heteroatoms. The average Bonchev–Trinajstić information content (AvgIpc) is 2.30. The van der Waals surface area contributed by atoms with E-state index in [1.165, 1.54) is 6.07 Å². The first kappa shape index (κ1) is 15.0. The zero-order valence-electron chi connectivity index (χ0n) is 11.3. The second-order valence-corrected chi connectivity index (χ2v) is 5.92. The number of halogens is 1. The van der Waals surface area contributed by atoms with Crippen molar-refractivity contribution in [3.8, 4) is 5.75 Å². The number of carbonyl (C=O) groups excluding carboxylic acids is 1. The molecule has 0 bridgehead atoms. The molecule has 1 rings (SSSR count). The topological polar surface area (TPSA) is 40.5 Å². The number of nitrogens with zero attached hydrogens (tertiary/aromatic N) is 1. The molecular formula is C14H20BrNO2. The van der Waals surface area contributed by atoms with Gasteiger partial charge in [-0.1, -0.05) is 13.8 Å². The molecule has 18 heavy (non-hydrogen) atoms. The van der Waals surface area contributed by atoms with Crippen LogP contribution in [0.15, 0.2) is 22.7 Å². The number of rotatable bonds is 4. The predicted octanol–water partition coefficient (Wildman–Crippen LogP) is 3.66. The van der Waals surface area contributed by atoms with Gasteiger partial charge in [0, 0.05) is 18.7 Å². The standard InChI is InChI=1S/C14H20BrNO2/c1-9(2)7-10(3)16(4)14(18)11-5-6-12(15)13(17)8-11/h5-6,8-10,17H,7H2,1-4H3. The van der Waals surface area contributed by atoms with Gasteiger partial charge in [-0.2, -0.15) is 0 Å². The van der Waals surface area contributed by atoms with Crippen LogP contribution in [-0.4, -0.2) is 29.0 Å². The van der Waals surface area contributed by atoms with Crippen molar-refractivity contribution in [3.63, 3.8) is 0 Å². The van der Waals surface area contributed by atoms with Gasteiger partial charge in [0.25, 0.3) is 5.91 Å². The summed E-state index contributed by atoms with van der Waals surface area (Å²) in [6.45, 7) is 6.32. The fourth-order valence-electron chi connectivity index (χ4n) is 1.89. The first-order valence-corrected chi connectivity index (χ1v) is 6.88. The average molecular weight is 314 g/mol. The summed E-state index contributed by atoms with van der Waals surface area (Å²) in [5, 5.41) is 9.60. The van der Waals surface area contributed by atoms with Gasteiger partial charge in [0.05, 0.1) is 4.47 Å². The summed E-state index contributed by atoms with van der Waals surface area (Å²) in [6, 6.07) is 5.07. The second kappa shape index (κ2) is 6.23. The molecule has 1 atom stereocenters. The molecule has 3 nitrogen and oxygen atoms in total. The summed E-state index contributed by atoms with van der Waals surface area (Å²) >= 11 is 3.20. The first-order chi connectivity index (χ1) is 8.32. The van der Waals surface area contributed by atoms with Gasteiger partial charge in [-0.25, -0.2) is 0 Å². The van der Waals surface area contributed by atoms with Crippen LogP contribution in [0.2, 0.25) is 0 Å². The Morgan fingerprint density at radius 1 is 1.39 bits per heavy atom. The van der Waals surface area contributed by atoms with Crippen molar-refractivity contribution in [1.29, 1.82) is 0 Å². The number of phenolic OH excluding ortho intramolecular Hbond substituents is 1. The molecule has 1 aromatic carbocycles. The fourth-order valence-corrected chi connectivity index (χ4v) is 2.14. The quantitative estimate of drug-likeness (QED) is 0.921. The smallest absolute Gasteiger partial charge is 0.253 e. The molecule has 0 aromatic heterocycles. The van der Waals surface area contributed by atoms with E-state index in [0.717, 1.165) is 6.42 Å². The van der Waals surface area contributed by atoms with Crippen molar-refractivity contribution < 1.29 is 9.90 Å². The van der Waals surface area contributed by atoms with E-state index >= 15 is 0 Å². The Morgan fingerprint density at radius 3 is 2.50 bits per heavy atom. The van der Waals surface area contributed by atoms with Crippen molar-refractivity contribution in [3.05, 3.63) is 28.2 Å². The Kier molecular flexibility index (Phi) is 5.20. The first-order valence-electron chi connectivity index (χ1n) is 6.08. The van der Waals surface area contributed by atoms with Gasteiger partial charge in [0.15, 0.2) is 0 Å². The number of hydrogen-bond acceptors (Lipinski definition) is 2. The van der Waals surface area contributed by atoms with E-state index in [4.69, 9.17) is 0 Å². The van der Waals surface area contributed by atoms with Crippen molar-refractivity contribution >= 4 is 21.8 Å². The van der Waals surface area contributed by atoms with E-state index < -0.39 is 0 Å². The summed E-state index contributed by atoms with van der Waals surface area (Å²) < 4.78 is 0.594. The Balaban J connectivity index is 2.82. The monoisotopic (exact) mass is 313 g/mol. The van der Waals surface area contributed by atoms with Crippen molar-refractivity contribution in [2.75, 3.05) is 7.05 Å². The normalized spacial score (nSPS) is 12.6. The predicted molar refractivity (Wildman–Crippen MR) is 76.8 cm³/mol. The van der Waals surface area contributed by atoms with Crippen LogP contribution in [0.25, 0.3) is 0 Å². The van der Waals surface area contributed by atoms with Gasteiger partial charge >= 0.3 is 0 Å². The number of hydrogen-bond donors (Lipinski definition) is 1. The lowest BCUT2D eigenvalue weighted by Crippen LogP contribution is -2.35. The molecule has 1 N–H and O–H groups in total. The van der Waals surface area contributed by atoms with Crippen LogP contribution in [0.3, 0.4) is 0 Å². The molecule has 0 saturated carbocycles. The van der Waals surface area contributed by atoms with Gasteiger partial charge in [-0.15, -0.1) is 0 Å². The van der Waals surface area contributed by atoms with E-state index in [9.17, 15) is 9.90 Å². The highest BCUT2D eigenvalue weighted by Crippen LogP contribution is 2.25. The minimum absolute atomic E-state index is 0.0639. The number of benzene rings is 1. The molecule has 0 fully saturated rings. The van der Waals surface area contributed by atoms with Crippen molar-refractivity contribution in [2.45, 2.75) is 33.2 Å². The van der Waals surface area contributed by atoms with Crippen LogP contribution in [-0.2, 0) is 0 Å². The lowest BCUT2D eigenvalue weighted by atomic mass is 10.0. The number of phenols is 1. The maximum Gasteiger partial charge on any atom is 0.253 e. The second-order valence-electron chi connectivity index (χ2n) is 5.06. The minimum Gasteiger partial charge on any atom is -0.507 e. The molecule has 0 heterocycles. The molecule has 1 aromatic rings. The highest BCUT2D eigenvalue weighted by Gasteiger charge is 2.19. The van der Waals surface area contributed by atoms with Crippen LogP contribution in [0.1, 0.15) is 37.6 Å². The molecule has 100 valence electrons. The number of carbonyl (C=O) groups is 1. The Hall–Kier alpha value is -1.03. The maximum atomic E-state index is 12.2. The third kappa shape index (κ3) is 3.73. The summed E-state index contributed by atoms with van der Waals surface area (Å²) in [6.07, 6.45) is 0.963. The molecule has 0 aliphatic rings. The van der Waals surface area contributed by atoms with Crippen LogP contribution in [0.4, 0.5) is 0 Å². The summed E-state index contributed by atoms with van der Waals surface area (Å²) in [5.41, 5.74) is 0.508. The molecule has 0 aliphatic carbocycles. The Labute approximate surface area is 117 Å². The van der Waals surface area contributed by atoms with Gasteiger partial charge in [0.1, 0.15) is 5.75 Å². The Morgan fingerprint density at radius 2 is 2.00 bits per heavy atom. The molecule has 1 unspecified atom stereocenters. The summed E-state index contributed by atoms with van der Waals surface area (Å²) in [4.78, 5) is 14.0. The maximum absolute atomic E-state index is 12.2. The van der Waals surface area contributed by atoms with E-state index in [2.05, 4.69) is 29.8 Å². The van der Waals surface area contributed by atoms with Crippen molar-refractivity contribution in [1.82, 2.24) is 4.90 Å². The van der Waals surface area contributed by atoms with Crippen LogP contribution in [0, 0.1) is 5.92 Å². The number of amides is 1. The van der Waals surface area contributed by atoms with Crippen LogP contribution in [0.5, 0.6) is 5.75 Å². The molecule has 0 radical (unpaired) electrons. The highest BCUT2D eigenvalue weighted by atomic mass is 79.9. The highest BCUT2D eigenvalue weighted by molar-refractivity contribution is 9.10. The third-order valence-electron chi connectivity index (χ3n) is 2.99. The third-order valence-corrected chi connectivity index (χ3v) is 3.66. The van der Waals surface area contributed by atoms with Gasteiger partial charge in [0.2, 0.25) is 0 Å². The lowest BCUT2D eigenvalue weighted by Gasteiger charge is -2.26. The fraction of sp³-hybridized carbons (Fsp3) is 0.500. The van der Waals surface area contributed by atoms with Gasteiger partial charge in [-0.05, 0) is 53.4 Å². The molecule has 0 aliphatic heterocycles. The molecular weight excluding hydrogens is 294 g/mol. The number of aromatic hydroxyl groups is 1. The van der Waals surface area contributed by atoms with Gasteiger partial charge < -0.3 is 10.0 Å². The molecule has 0 saturated heterocycles. The molecule has 0 spiro atoms. The van der Waals surface area contributed by atoms with E-state index in [1.807, 2.05) is 6.92 Å². The Bertz CT molecular complexity index is 432.